The highest BCUT2D eigenvalue weighted by Gasteiger charge is 2.50. The summed E-state index contributed by atoms with van der Waals surface area (Å²) < 4.78 is 34.3. The lowest BCUT2D eigenvalue weighted by Gasteiger charge is -2.40. The van der Waals surface area contributed by atoms with E-state index in [-0.39, 0.29) is 45.6 Å². The van der Waals surface area contributed by atoms with Crippen LogP contribution >= 0.6 is 23.2 Å². The lowest BCUT2D eigenvalue weighted by Crippen LogP contribution is -2.55. The molecule has 1 aromatic rings. The molecule has 1 aromatic carbocycles. The van der Waals surface area contributed by atoms with Gasteiger partial charge in [-0.2, -0.15) is 4.31 Å². The molecule has 2 saturated heterocycles. The van der Waals surface area contributed by atoms with Gasteiger partial charge in [-0.05, 0) is 31.4 Å². The van der Waals surface area contributed by atoms with Gasteiger partial charge in [-0.1, -0.05) is 29.1 Å². The van der Waals surface area contributed by atoms with Gasteiger partial charge in [0, 0.05) is 32.5 Å². The Bertz CT molecular complexity index is 1030. The second-order valence-electron chi connectivity index (χ2n) is 7.93. The Labute approximate surface area is 198 Å². The van der Waals surface area contributed by atoms with E-state index >= 15 is 0 Å². The van der Waals surface area contributed by atoms with E-state index in [0.29, 0.717) is 25.8 Å². The highest BCUT2D eigenvalue weighted by molar-refractivity contribution is 7.89. The van der Waals surface area contributed by atoms with E-state index in [1.165, 1.54) is 35.4 Å². The zero-order valence-corrected chi connectivity index (χ0v) is 20.1. The maximum atomic E-state index is 13.8. The molecule has 0 saturated carbocycles. The number of carbonyl (C=O) groups is 2. The van der Waals surface area contributed by atoms with Gasteiger partial charge in [0.2, 0.25) is 21.8 Å². The summed E-state index contributed by atoms with van der Waals surface area (Å²) in [5, 5.41) is 2.46. The van der Waals surface area contributed by atoms with E-state index in [4.69, 9.17) is 34.4 Å². The van der Waals surface area contributed by atoms with Crippen LogP contribution in [0.5, 0.6) is 0 Å². The molecule has 2 bridgehead atoms. The summed E-state index contributed by atoms with van der Waals surface area (Å²) in [7, 11) is -2.62. The van der Waals surface area contributed by atoms with Gasteiger partial charge in [0.05, 0.1) is 33.8 Å². The van der Waals surface area contributed by atoms with Crippen LogP contribution in [0.1, 0.15) is 26.2 Å². The molecule has 0 radical (unpaired) electrons. The predicted molar refractivity (Wildman–Crippen MR) is 122 cm³/mol. The normalized spacial score (nSPS) is 24.0. The fraction of sp³-hybridized carbons (Fsp3) is 0.524. The van der Waals surface area contributed by atoms with Crippen molar-refractivity contribution in [3.8, 4) is 12.3 Å². The van der Waals surface area contributed by atoms with Gasteiger partial charge in [-0.3, -0.25) is 9.59 Å². The summed E-state index contributed by atoms with van der Waals surface area (Å²) >= 11 is 12.5. The van der Waals surface area contributed by atoms with Gasteiger partial charge in [0.15, 0.2) is 0 Å². The molecule has 3 atom stereocenters. The van der Waals surface area contributed by atoms with Crippen LogP contribution in [0, 0.1) is 18.3 Å². The van der Waals surface area contributed by atoms with Crippen LogP contribution in [0.2, 0.25) is 10.0 Å². The minimum absolute atomic E-state index is 0.0139. The molecule has 2 aliphatic heterocycles. The molecule has 32 heavy (non-hydrogen) atoms. The third kappa shape index (κ3) is 4.75. The highest BCUT2D eigenvalue weighted by atomic mass is 35.5. The number of amides is 2. The largest absolute Gasteiger partial charge is 0.384 e. The minimum Gasteiger partial charge on any atom is -0.384 e. The van der Waals surface area contributed by atoms with Gasteiger partial charge < -0.3 is 15.0 Å². The molecule has 2 aliphatic rings. The number of nitrogens with zero attached hydrogens (tertiary/aromatic N) is 2. The lowest BCUT2D eigenvalue weighted by molar-refractivity contribution is -0.134. The topological polar surface area (TPSA) is 96.0 Å². The Kier molecular flexibility index (Phi) is 7.73. The average molecular weight is 502 g/mol. The van der Waals surface area contributed by atoms with Gasteiger partial charge in [-0.15, -0.1) is 6.42 Å². The van der Waals surface area contributed by atoms with E-state index in [1.54, 1.807) is 0 Å². The Balaban J connectivity index is 2.10. The summed E-state index contributed by atoms with van der Waals surface area (Å²) in [5.74, 6) is 1.53. The highest BCUT2D eigenvalue weighted by Crippen LogP contribution is 2.40. The summed E-state index contributed by atoms with van der Waals surface area (Å²) in [6.45, 7) is 1.98. The van der Waals surface area contributed by atoms with Crippen molar-refractivity contribution < 1.29 is 22.7 Å². The molecule has 0 aliphatic carbocycles. The van der Waals surface area contributed by atoms with Crippen molar-refractivity contribution in [3.05, 3.63) is 22.2 Å². The minimum atomic E-state index is -4.16. The first-order valence-electron chi connectivity index (χ1n) is 10.1. The molecule has 0 unspecified atom stereocenters. The van der Waals surface area contributed by atoms with Crippen molar-refractivity contribution in [2.75, 3.05) is 32.1 Å². The van der Waals surface area contributed by atoms with Crippen LogP contribution in [0.25, 0.3) is 0 Å². The average Bonchev–Trinajstić information content (AvgIpc) is 2.79. The van der Waals surface area contributed by atoms with Crippen molar-refractivity contribution in [2.45, 2.75) is 43.2 Å². The van der Waals surface area contributed by atoms with Crippen molar-refractivity contribution in [1.29, 1.82) is 0 Å². The summed E-state index contributed by atoms with van der Waals surface area (Å²) in [6, 6.07) is 1.16. The van der Waals surface area contributed by atoms with Gasteiger partial charge in [0.1, 0.15) is 6.04 Å². The molecule has 1 N–H and O–H groups in total. The smallest absolute Gasteiger partial charge is 0.244 e. The molecular formula is C21H25Cl2N3O5S. The summed E-state index contributed by atoms with van der Waals surface area (Å²) in [5.41, 5.74) is 0.129. The third-order valence-corrected chi connectivity index (χ3v) is 8.27. The predicted octanol–water partition coefficient (Wildman–Crippen LogP) is 2.60. The molecule has 174 valence electrons. The Hall–Kier alpha value is -1.83. The van der Waals surface area contributed by atoms with E-state index in [1.807, 2.05) is 0 Å². The van der Waals surface area contributed by atoms with E-state index in [9.17, 15) is 18.0 Å². The van der Waals surface area contributed by atoms with Crippen LogP contribution in [0.4, 0.5) is 5.69 Å². The Morgan fingerprint density at radius 1 is 1.31 bits per heavy atom. The maximum absolute atomic E-state index is 13.8. The number of rotatable bonds is 6. The van der Waals surface area contributed by atoms with Crippen LogP contribution < -0.4 is 5.32 Å². The molecular weight excluding hydrogens is 477 g/mol. The monoisotopic (exact) mass is 501 g/mol. The van der Waals surface area contributed by atoms with Crippen molar-refractivity contribution in [1.82, 2.24) is 9.21 Å². The number of benzene rings is 1. The van der Waals surface area contributed by atoms with Crippen LogP contribution in [0.3, 0.4) is 0 Å². The number of ether oxygens (including phenoxy) is 1. The first-order chi connectivity index (χ1) is 15.1. The third-order valence-electron chi connectivity index (χ3n) is 5.76. The maximum Gasteiger partial charge on any atom is 0.244 e. The number of nitrogens with one attached hydrogen (secondary N) is 1. The fourth-order valence-corrected chi connectivity index (χ4v) is 7.13. The van der Waals surface area contributed by atoms with Crippen molar-refractivity contribution in [3.63, 3.8) is 0 Å². The van der Waals surface area contributed by atoms with Gasteiger partial charge in [0.25, 0.3) is 0 Å². The standard InChI is InChI=1S/C21H25Cl2N3O5S/c1-4-8-25-11-14(12-31-3)18-6-5-7-19(21(25)28)26(18)32(29,30)15-9-16(22)20(17(23)10-15)24-13(2)27/h1,9-10,14,18-19H,5-8,11-12H2,2-3H3,(H,24,27)/t14-,18-,19+/m1/s1. The number of carbonyl (C=O) groups excluding carboxylic acids is 2. The number of methoxy groups -OCH3 is 1. The molecule has 0 spiro atoms. The zero-order chi connectivity index (χ0) is 23.6. The number of halogens is 2. The molecule has 2 fully saturated rings. The molecule has 2 amide bonds. The quantitative estimate of drug-likeness (QED) is 0.604. The molecule has 0 aromatic heterocycles. The molecule has 8 nitrogen and oxygen atoms in total. The summed E-state index contributed by atoms with van der Waals surface area (Å²) in [6.07, 6.45) is 7.14. The fourth-order valence-electron chi connectivity index (χ4n) is 4.48. The number of hydrogen-bond donors (Lipinski definition) is 1. The van der Waals surface area contributed by atoms with Crippen LogP contribution in [-0.2, 0) is 24.3 Å². The SMILES string of the molecule is C#CCN1C[C@H](COC)[C@H]2CCC[C@@H](C1=O)N2S(=O)(=O)c1cc(Cl)c(NC(C)=O)c(Cl)c1. The number of sulfonamides is 1. The Morgan fingerprint density at radius 2 is 1.97 bits per heavy atom. The second-order valence-corrected chi connectivity index (χ2v) is 10.6. The number of fused-ring (bicyclic) bond motifs is 2. The Morgan fingerprint density at radius 3 is 2.53 bits per heavy atom. The molecule has 11 heteroatoms. The first kappa shape index (κ1) is 24.8. The first-order valence-corrected chi connectivity index (χ1v) is 12.3. The molecule has 2 heterocycles. The van der Waals surface area contributed by atoms with E-state index in [0.717, 1.165) is 0 Å². The lowest BCUT2D eigenvalue weighted by atomic mass is 9.91. The molecule has 3 rings (SSSR count). The number of anilines is 1. The van der Waals surface area contributed by atoms with Crippen LogP contribution in [-0.4, -0.2) is 68.3 Å². The van der Waals surface area contributed by atoms with Gasteiger partial charge in [-0.25, -0.2) is 8.42 Å². The zero-order valence-electron chi connectivity index (χ0n) is 17.8. The number of piperidine rings is 1. The summed E-state index contributed by atoms with van der Waals surface area (Å²) in [4.78, 5) is 26.1. The van der Waals surface area contributed by atoms with E-state index < -0.39 is 28.0 Å². The van der Waals surface area contributed by atoms with Crippen LogP contribution in [0.15, 0.2) is 17.0 Å². The second kappa shape index (κ2) is 9.98. The van der Waals surface area contributed by atoms with E-state index in [2.05, 4.69) is 11.2 Å². The van der Waals surface area contributed by atoms with Crippen molar-refractivity contribution >= 4 is 50.7 Å². The van der Waals surface area contributed by atoms with Gasteiger partial charge >= 0.3 is 0 Å². The van der Waals surface area contributed by atoms with Crippen molar-refractivity contribution in [2.24, 2.45) is 5.92 Å². The number of terminal acetylenes is 1. The number of hydrogen-bond acceptors (Lipinski definition) is 5.